The molecule has 0 radical (unpaired) electrons. The van der Waals surface area contributed by atoms with Gasteiger partial charge < -0.3 is 30.6 Å². The van der Waals surface area contributed by atoms with Gasteiger partial charge in [0.15, 0.2) is 0 Å². The first-order valence-electron chi connectivity index (χ1n) is 17.0. The summed E-state index contributed by atoms with van der Waals surface area (Å²) in [6.45, 7) is 7.64. The van der Waals surface area contributed by atoms with Crippen LogP contribution in [0.2, 0.25) is 0 Å². The van der Waals surface area contributed by atoms with E-state index in [2.05, 4.69) is 21.3 Å². The van der Waals surface area contributed by atoms with Crippen molar-refractivity contribution in [3.8, 4) is 0 Å². The van der Waals surface area contributed by atoms with Crippen molar-refractivity contribution in [3.05, 3.63) is 95.9 Å². The zero-order chi connectivity index (χ0) is 35.5. The smallest absolute Gasteiger partial charge is 0.245 e. The van der Waals surface area contributed by atoms with E-state index < -0.39 is 59.7 Å². The number of likely N-dealkylation sites (N-methyl/N-ethyl adjacent to an activating group) is 1. The van der Waals surface area contributed by atoms with Gasteiger partial charge in [-0.25, -0.2) is 0 Å². The van der Waals surface area contributed by atoms with E-state index in [4.69, 9.17) is 4.42 Å². The van der Waals surface area contributed by atoms with Crippen LogP contribution < -0.4 is 21.3 Å². The summed E-state index contributed by atoms with van der Waals surface area (Å²) < 4.78 is 5.26. The fraction of sp³-hybridized carbons (Fsp3) is 0.447. The molecule has 4 N–H and O–H groups in total. The number of hydrogen-bond donors (Lipinski definition) is 4. The van der Waals surface area contributed by atoms with Gasteiger partial charge in [-0.2, -0.15) is 0 Å². The van der Waals surface area contributed by atoms with Gasteiger partial charge >= 0.3 is 0 Å². The molecule has 1 fully saturated rings. The Hall–Kier alpha value is -4.93. The Kier molecular flexibility index (Phi) is 13.1. The summed E-state index contributed by atoms with van der Waals surface area (Å²) in [4.78, 5) is 71.9. The third-order valence-corrected chi connectivity index (χ3v) is 9.07. The Labute approximate surface area is 288 Å². The lowest BCUT2D eigenvalue weighted by Crippen LogP contribution is -2.59. The Morgan fingerprint density at radius 2 is 1.20 bits per heavy atom. The van der Waals surface area contributed by atoms with E-state index in [0.717, 1.165) is 11.1 Å². The fourth-order valence-electron chi connectivity index (χ4n) is 6.01. The normalized spacial score (nSPS) is 23.5. The highest BCUT2D eigenvalue weighted by molar-refractivity contribution is 5.98. The van der Waals surface area contributed by atoms with Crippen molar-refractivity contribution in [3.63, 3.8) is 0 Å². The van der Waals surface area contributed by atoms with Crippen molar-refractivity contribution in [2.75, 3.05) is 7.05 Å². The molecule has 6 atom stereocenters. The average Bonchev–Trinajstić information content (AvgIpc) is 3.61. The van der Waals surface area contributed by atoms with Crippen LogP contribution in [0.5, 0.6) is 0 Å². The highest BCUT2D eigenvalue weighted by atomic mass is 16.3. The summed E-state index contributed by atoms with van der Waals surface area (Å²) >= 11 is 0. The third kappa shape index (κ3) is 10.3. The SMILES string of the molecule is CC[C@H](C)[C@@H]1NC(=O)[C@H](CC(C)C)NC(=O)[C@H](Cc2ccoc2)N(C)C(=O)[C@H](Cc2ccccc2)NC(=O)[C@H](Cc2ccccc2)NC1=O. The monoisotopic (exact) mass is 671 g/mol. The second-order valence-corrected chi connectivity index (χ2v) is 13.4. The van der Waals surface area contributed by atoms with Crippen molar-refractivity contribution in [1.82, 2.24) is 26.2 Å². The maximum Gasteiger partial charge on any atom is 0.245 e. The Bertz CT molecular complexity index is 1550. The van der Waals surface area contributed by atoms with Crippen LogP contribution in [0.25, 0.3) is 0 Å². The predicted molar refractivity (Wildman–Crippen MR) is 186 cm³/mol. The molecule has 2 heterocycles. The third-order valence-electron chi connectivity index (χ3n) is 9.07. The van der Waals surface area contributed by atoms with Crippen LogP contribution >= 0.6 is 0 Å². The van der Waals surface area contributed by atoms with Gasteiger partial charge in [0.25, 0.3) is 0 Å². The maximum atomic E-state index is 14.4. The van der Waals surface area contributed by atoms with Gasteiger partial charge in [0.05, 0.1) is 12.5 Å². The van der Waals surface area contributed by atoms with Gasteiger partial charge in [-0.3, -0.25) is 24.0 Å². The minimum atomic E-state index is -1.07. The molecule has 1 aliphatic rings. The lowest BCUT2D eigenvalue weighted by atomic mass is 9.95. The topological polar surface area (TPSA) is 150 Å². The first-order valence-corrected chi connectivity index (χ1v) is 17.0. The Morgan fingerprint density at radius 1 is 0.653 bits per heavy atom. The molecular weight excluding hydrogens is 622 g/mol. The first kappa shape index (κ1) is 36.9. The van der Waals surface area contributed by atoms with E-state index in [0.29, 0.717) is 18.4 Å². The van der Waals surface area contributed by atoms with Crippen molar-refractivity contribution in [2.45, 2.75) is 90.0 Å². The number of rotatable bonds is 10. The van der Waals surface area contributed by atoms with Crippen LogP contribution in [-0.4, -0.2) is 71.7 Å². The molecule has 11 nitrogen and oxygen atoms in total. The standard InChI is InChI=1S/C38H49N5O6/c1-6-25(4)33-37(47)40-30(20-26-13-9-7-10-14-26)34(44)41-31(21-27-15-11-8-12-16-27)38(48)43(5)32(22-28-17-18-49-23-28)36(46)39-29(19-24(2)3)35(45)42-33/h7-18,23-25,29-33H,6,19-22H2,1-5H3,(H,39,46)(H,40,47)(H,41,44)(H,42,45)/t25-,29-,30-,31-,32-,33-/m0/s1. The summed E-state index contributed by atoms with van der Waals surface area (Å²) in [6.07, 6.45) is 4.27. The predicted octanol–water partition coefficient (Wildman–Crippen LogP) is 3.18. The molecule has 49 heavy (non-hydrogen) atoms. The van der Waals surface area contributed by atoms with Crippen molar-refractivity contribution >= 4 is 29.5 Å². The Morgan fingerprint density at radius 3 is 1.76 bits per heavy atom. The van der Waals surface area contributed by atoms with Gasteiger partial charge in [0.1, 0.15) is 30.2 Å². The van der Waals surface area contributed by atoms with Gasteiger partial charge in [-0.05, 0) is 41.0 Å². The molecule has 0 unspecified atom stereocenters. The quantitative estimate of drug-likeness (QED) is 0.260. The largest absolute Gasteiger partial charge is 0.472 e. The zero-order valence-corrected chi connectivity index (χ0v) is 29.0. The average molecular weight is 672 g/mol. The molecule has 262 valence electrons. The molecule has 0 bridgehead atoms. The van der Waals surface area contributed by atoms with Crippen molar-refractivity contribution < 1.29 is 28.4 Å². The number of carbonyl (C=O) groups is 5. The maximum absolute atomic E-state index is 14.4. The summed E-state index contributed by atoms with van der Waals surface area (Å²) in [7, 11) is 1.52. The summed E-state index contributed by atoms with van der Waals surface area (Å²) in [5, 5.41) is 11.6. The van der Waals surface area contributed by atoms with Crippen LogP contribution in [0.1, 0.15) is 57.2 Å². The molecule has 11 heteroatoms. The second kappa shape index (κ2) is 17.5. The first-order chi connectivity index (χ1) is 23.5. The highest BCUT2D eigenvalue weighted by Crippen LogP contribution is 2.17. The summed E-state index contributed by atoms with van der Waals surface area (Å²) in [6, 6.07) is 15.1. The molecule has 1 saturated heterocycles. The number of nitrogens with one attached hydrogen (secondary N) is 4. The van der Waals surface area contributed by atoms with Gasteiger partial charge in [-0.1, -0.05) is 94.8 Å². The van der Waals surface area contributed by atoms with Crippen LogP contribution in [0, 0.1) is 11.8 Å². The van der Waals surface area contributed by atoms with E-state index >= 15 is 0 Å². The van der Waals surface area contributed by atoms with Crippen LogP contribution in [0.3, 0.4) is 0 Å². The fourth-order valence-corrected chi connectivity index (χ4v) is 6.01. The molecule has 0 spiro atoms. The molecule has 1 aromatic heterocycles. The molecule has 2 aromatic carbocycles. The van der Waals surface area contributed by atoms with Crippen LogP contribution in [0.15, 0.2) is 83.7 Å². The van der Waals surface area contributed by atoms with Gasteiger partial charge in [0.2, 0.25) is 29.5 Å². The molecule has 5 amide bonds. The van der Waals surface area contributed by atoms with Crippen molar-refractivity contribution in [2.24, 2.45) is 11.8 Å². The van der Waals surface area contributed by atoms with Crippen LogP contribution in [-0.2, 0) is 43.2 Å². The van der Waals surface area contributed by atoms with E-state index in [1.54, 1.807) is 6.07 Å². The molecule has 4 rings (SSSR count). The molecular formula is C38H49N5O6. The molecule has 3 aromatic rings. The lowest BCUT2D eigenvalue weighted by molar-refractivity contribution is -0.142. The number of hydrogen-bond acceptors (Lipinski definition) is 6. The second-order valence-electron chi connectivity index (χ2n) is 13.4. The summed E-state index contributed by atoms with van der Waals surface area (Å²) in [5.41, 5.74) is 2.29. The van der Waals surface area contributed by atoms with Crippen molar-refractivity contribution in [1.29, 1.82) is 0 Å². The highest BCUT2D eigenvalue weighted by Gasteiger charge is 2.38. The number of amides is 5. The minimum Gasteiger partial charge on any atom is -0.472 e. The number of benzene rings is 2. The van der Waals surface area contributed by atoms with E-state index in [-0.39, 0.29) is 31.1 Å². The minimum absolute atomic E-state index is 0.0213. The van der Waals surface area contributed by atoms with E-state index in [9.17, 15) is 24.0 Å². The molecule has 0 saturated carbocycles. The van der Waals surface area contributed by atoms with Crippen LogP contribution in [0.4, 0.5) is 0 Å². The van der Waals surface area contributed by atoms with Gasteiger partial charge in [-0.15, -0.1) is 0 Å². The lowest BCUT2D eigenvalue weighted by Gasteiger charge is -2.32. The Balaban J connectivity index is 1.81. The number of furan rings is 1. The van der Waals surface area contributed by atoms with E-state index in [1.807, 2.05) is 88.4 Å². The summed E-state index contributed by atoms with van der Waals surface area (Å²) in [5.74, 6) is -2.90. The number of carbonyl (C=O) groups excluding carboxylic acids is 5. The zero-order valence-electron chi connectivity index (χ0n) is 29.0. The molecule has 1 aliphatic heterocycles. The van der Waals surface area contributed by atoms with Gasteiger partial charge in [0, 0.05) is 26.3 Å². The molecule has 0 aliphatic carbocycles. The van der Waals surface area contributed by atoms with E-state index in [1.165, 1.54) is 24.5 Å². The number of nitrogens with zero attached hydrogens (tertiary/aromatic N) is 1.